The van der Waals surface area contributed by atoms with Crippen LogP contribution in [0.25, 0.3) is 0 Å². The van der Waals surface area contributed by atoms with Crippen molar-refractivity contribution in [3.05, 3.63) is 34.9 Å². The van der Waals surface area contributed by atoms with Gasteiger partial charge in [-0.25, -0.2) is 0 Å². The maximum atomic E-state index is 6.43. The van der Waals surface area contributed by atoms with Gasteiger partial charge in [-0.05, 0) is 49.9 Å². The normalized spacial score (nSPS) is 14.7. The molecule has 102 valence electrons. The van der Waals surface area contributed by atoms with Gasteiger partial charge in [0.25, 0.3) is 0 Å². The van der Waals surface area contributed by atoms with Crippen molar-refractivity contribution < 1.29 is 0 Å². The number of hydrogen-bond donors (Lipinski definition) is 2. The molecule has 2 heteroatoms. The highest BCUT2D eigenvalue weighted by atomic mass is 15.0. The van der Waals surface area contributed by atoms with Crippen LogP contribution in [0.15, 0.2) is 18.2 Å². The van der Waals surface area contributed by atoms with E-state index in [4.69, 9.17) is 5.73 Å². The van der Waals surface area contributed by atoms with Crippen LogP contribution in [0.1, 0.15) is 57.4 Å². The monoisotopic (exact) mass is 248 g/mol. The second kappa shape index (κ2) is 5.02. The van der Waals surface area contributed by atoms with E-state index >= 15 is 0 Å². The third kappa shape index (κ3) is 3.12. The minimum absolute atomic E-state index is 0.00944. The number of rotatable bonds is 3. The number of aryl methyl sites for hydroxylation is 1. The first kappa shape index (κ1) is 15.2. The molecule has 0 spiro atoms. The Morgan fingerprint density at radius 3 is 2.11 bits per heavy atom. The Labute approximate surface area is 112 Å². The topological polar surface area (TPSA) is 38.0 Å². The van der Waals surface area contributed by atoms with E-state index in [-0.39, 0.29) is 17.0 Å². The van der Waals surface area contributed by atoms with Gasteiger partial charge in [-0.3, -0.25) is 0 Å². The molecule has 0 saturated carbocycles. The summed E-state index contributed by atoms with van der Waals surface area (Å²) >= 11 is 0. The maximum absolute atomic E-state index is 6.43. The summed E-state index contributed by atoms with van der Waals surface area (Å²) < 4.78 is 0. The Bertz CT molecular complexity index is 414. The average Bonchev–Trinajstić information content (AvgIpc) is 2.27. The van der Waals surface area contributed by atoms with Crippen LogP contribution in [0.2, 0.25) is 0 Å². The molecule has 18 heavy (non-hydrogen) atoms. The predicted octanol–water partition coefficient (Wildman–Crippen LogP) is 3.29. The highest BCUT2D eigenvalue weighted by Gasteiger charge is 2.27. The van der Waals surface area contributed by atoms with Crippen molar-refractivity contribution in [2.75, 3.05) is 7.05 Å². The van der Waals surface area contributed by atoms with Crippen molar-refractivity contribution in [1.29, 1.82) is 0 Å². The second-order valence-corrected chi connectivity index (χ2v) is 6.77. The van der Waals surface area contributed by atoms with Gasteiger partial charge in [0.05, 0.1) is 0 Å². The molecule has 0 aromatic heterocycles. The van der Waals surface area contributed by atoms with Crippen LogP contribution in [-0.2, 0) is 5.41 Å². The summed E-state index contributed by atoms with van der Waals surface area (Å²) in [6, 6.07) is 6.64. The van der Waals surface area contributed by atoms with Crippen molar-refractivity contribution in [1.82, 2.24) is 5.32 Å². The molecule has 0 saturated heterocycles. The molecular formula is C16H28N2. The SMILES string of the molecule is CNC(C)(C)C(N)c1cc(C(C)(C)C)ccc1C. The van der Waals surface area contributed by atoms with Crippen LogP contribution >= 0.6 is 0 Å². The minimum Gasteiger partial charge on any atom is -0.322 e. The smallest absolute Gasteiger partial charge is 0.0477 e. The zero-order chi connectivity index (χ0) is 14.1. The van der Waals surface area contributed by atoms with Crippen molar-refractivity contribution >= 4 is 0 Å². The Morgan fingerprint density at radius 1 is 1.11 bits per heavy atom. The van der Waals surface area contributed by atoms with E-state index in [1.54, 1.807) is 0 Å². The molecule has 1 unspecified atom stereocenters. The fraction of sp³-hybridized carbons (Fsp3) is 0.625. The largest absolute Gasteiger partial charge is 0.322 e. The molecule has 0 aliphatic carbocycles. The summed E-state index contributed by atoms with van der Waals surface area (Å²) in [6.07, 6.45) is 0. The molecule has 0 fully saturated rings. The molecule has 2 nitrogen and oxygen atoms in total. The number of nitrogens with one attached hydrogen (secondary N) is 1. The zero-order valence-corrected chi connectivity index (χ0v) is 12.9. The second-order valence-electron chi connectivity index (χ2n) is 6.77. The fourth-order valence-corrected chi connectivity index (χ4v) is 1.99. The van der Waals surface area contributed by atoms with E-state index in [0.717, 1.165) is 0 Å². The summed E-state index contributed by atoms with van der Waals surface area (Å²) in [6.45, 7) is 13.1. The van der Waals surface area contributed by atoms with Gasteiger partial charge in [0, 0.05) is 11.6 Å². The van der Waals surface area contributed by atoms with E-state index in [9.17, 15) is 0 Å². The Balaban J connectivity index is 3.24. The lowest BCUT2D eigenvalue weighted by Crippen LogP contribution is -2.46. The van der Waals surface area contributed by atoms with E-state index in [1.807, 2.05) is 7.05 Å². The standard InChI is InChI=1S/C16H28N2/c1-11-8-9-12(15(2,3)4)10-13(11)14(17)16(5,6)18-7/h8-10,14,18H,17H2,1-7H3. The van der Waals surface area contributed by atoms with Gasteiger partial charge in [-0.1, -0.05) is 39.0 Å². The van der Waals surface area contributed by atoms with Crippen LogP contribution in [0.4, 0.5) is 0 Å². The predicted molar refractivity (Wildman–Crippen MR) is 79.9 cm³/mol. The van der Waals surface area contributed by atoms with Crippen LogP contribution in [0.5, 0.6) is 0 Å². The molecule has 0 aliphatic heterocycles. The van der Waals surface area contributed by atoms with Crippen molar-refractivity contribution in [3.63, 3.8) is 0 Å². The maximum Gasteiger partial charge on any atom is 0.0477 e. The summed E-state index contributed by atoms with van der Waals surface area (Å²) in [5, 5.41) is 3.30. The Kier molecular flexibility index (Phi) is 4.24. The van der Waals surface area contributed by atoms with E-state index in [1.165, 1.54) is 16.7 Å². The molecule has 1 rings (SSSR count). The minimum atomic E-state index is -0.110. The molecule has 0 aliphatic rings. The number of hydrogen-bond acceptors (Lipinski definition) is 2. The first-order chi connectivity index (χ1) is 8.09. The molecule has 0 radical (unpaired) electrons. The lowest BCUT2D eigenvalue weighted by Gasteiger charge is -2.33. The van der Waals surface area contributed by atoms with Crippen molar-refractivity contribution in [2.24, 2.45) is 5.73 Å². The molecule has 3 N–H and O–H groups in total. The Hall–Kier alpha value is -0.860. The van der Waals surface area contributed by atoms with Gasteiger partial charge in [-0.15, -0.1) is 0 Å². The summed E-state index contributed by atoms with van der Waals surface area (Å²) in [5.41, 5.74) is 10.3. The molecule has 0 bridgehead atoms. The van der Waals surface area contributed by atoms with Crippen LogP contribution in [0, 0.1) is 6.92 Å². The fourth-order valence-electron chi connectivity index (χ4n) is 1.99. The van der Waals surface area contributed by atoms with Crippen molar-refractivity contribution in [3.8, 4) is 0 Å². The van der Waals surface area contributed by atoms with E-state index < -0.39 is 0 Å². The van der Waals surface area contributed by atoms with E-state index in [0.29, 0.717) is 0 Å². The first-order valence-electron chi connectivity index (χ1n) is 6.65. The molecule has 0 amide bonds. The summed E-state index contributed by atoms with van der Waals surface area (Å²) in [4.78, 5) is 0. The lowest BCUT2D eigenvalue weighted by atomic mass is 9.81. The highest BCUT2D eigenvalue weighted by molar-refractivity contribution is 5.37. The van der Waals surface area contributed by atoms with Gasteiger partial charge in [-0.2, -0.15) is 0 Å². The number of benzene rings is 1. The molecule has 1 aromatic carbocycles. The van der Waals surface area contributed by atoms with Crippen LogP contribution < -0.4 is 11.1 Å². The van der Waals surface area contributed by atoms with Crippen molar-refractivity contribution in [2.45, 2.75) is 58.5 Å². The van der Waals surface area contributed by atoms with Gasteiger partial charge < -0.3 is 11.1 Å². The van der Waals surface area contributed by atoms with Crippen LogP contribution in [0.3, 0.4) is 0 Å². The van der Waals surface area contributed by atoms with Crippen LogP contribution in [-0.4, -0.2) is 12.6 Å². The van der Waals surface area contributed by atoms with E-state index in [2.05, 4.69) is 65.1 Å². The third-order valence-corrected chi connectivity index (χ3v) is 3.90. The Morgan fingerprint density at radius 2 is 1.67 bits per heavy atom. The number of likely N-dealkylation sites (N-methyl/N-ethyl adjacent to an activating group) is 1. The highest BCUT2D eigenvalue weighted by Crippen LogP contribution is 2.30. The third-order valence-electron chi connectivity index (χ3n) is 3.90. The van der Waals surface area contributed by atoms with Gasteiger partial charge in [0.2, 0.25) is 0 Å². The summed E-state index contributed by atoms with van der Waals surface area (Å²) in [7, 11) is 1.96. The lowest BCUT2D eigenvalue weighted by molar-refractivity contribution is 0.347. The molecule has 1 atom stereocenters. The quantitative estimate of drug-likeness (QED) is 0.861. The summed E-state index contributed by atoms with van der Waals surface area (Å²) in [5.74, 6) is 0. The van der Waals surface area contributed by atoms with Gasteiger partial charge in [0.15, 0.2) is 0 Å². The first-order valence-corrected chi connectivity index (χ1v) is 6.65. The molecule has 0 heterocycles. The molecular weight excluding hydrogens is 220 g/mol. The van der Waals surface area contributed by atoms with Gasteiger partial charge in [0.1, 0.15) is 0 Å². The average molecular weight is 248 g/mol. The van der Waals surface area contributed by atoms with Gasteiger partial charge >= 0.3 is 0 Å². The number of nitrogens with two attached hydrogens (primary N) is 1. The zero-order valence-electron chi connectivity index (χ0n) is 12.9. The molecule has 1 aromatic rings.